The Morgan fingerprint density at radius 3 is 0.960 bits per heavy atom. The van der Waals surface area contributed by atoms with Crippen LogP contribution in [0.25, 0.3) is 0 Å². The van der Waals surface area contributed by atoms with Crippen LogP contribution in [0.2, 0.25) is 0 Å². The second kappa shape index (κ2) is 23.2. The molecule has 272 valence electrons. The van der Waals surface area contributed by atoms with Crippen LogP contribution in [0.5, 0.6) is 0 Å². The first-order valence-corrected chi connectivity index (χ1v) is 13.6. The third-order valence-corrected chi connectivity index (χ3v) is 5.42. The minimum atomic E-state index is -1.48. The van der Waals surface area contributed by atoms with E-state index in [2.05, 4.69) is 0 Å². The molecule has 0 aromatic heterocycles. The highest BCUT2D eigenvalue weighted by molar-refractivity contribution is 6.03. The van der Waals surface area contributed by atoms with Gasteiger partial charge in [-0.05, 0) is 60.7 Å². The summed E-state index contributed by atoms with van der Waals surface area (Å²) in [7, 11) is 0. The van der Waals surface area contributed by atoms with E-state index in [9.17, 15) is 33.6 Å². The second-order valence-corrected chi connectivity index (χ2v) is 9.98. The molecule has 18 heteroatoms. The van der Waals surface area contributed by atoms with E-state index in [0.29, 0.717) is 0 Å². The van der Waals surface area contributed by atoms with Crippen molar-refractivity contribution in [2.75, 3.05) is 26.4 Å². The van der Waals surface area contributed by atoms with Crippen molar-refractivity contribution in [3.8, 4) is 0 Å². The number of hydrogen-bond acceptors (Lipinski definition) is 11. The fourth-order valence-corrected chi connectivity index (χ4v) is 2.63. The van der Waals surface area contributed by atoms with Crippen LogP contribution in [0.4, 0.5) is 0 Å². The minimum Gasteiger partial charge on any atom is -0.478 e. The molecule has 0 atom stereocenters. The van der Waals surface area contributed by atoms with Gasteiger partial charge in [-0.25, -0.2) is 33.6 Å². The first-order valence-electron chi connectivity index (χ1n) is 13.6. The molecule has 3 aromatic carbocycles. The van der Waals surface area contributed by atoms with Gasteiger partial charge >= 0.3 is 41.8 Å². The maximum Gasteiger partial charge on any atom is 0.336 e. The molecule has 0 spiro atoms. The van der Waals surface area contributed by atoms with Crippen molar-refractivity contribution in [1.82, 2.24) is 0 Å². The van der Waals surface area contributed by atoms with Gasteiger partial charge in [-0.2, -0.15) is 0 Å². The molecule has 0 heterocycles. The average Bonchev–Trinajstić information content (AvgIpc) is 3.08. The summed E-state index contributed by atoms with van der Waals surface area (Å²) in [5, 5.41) is 91.9. The van der Waals surface area contributed by atoms with E-state index >= 15 is 0 Å². The topological polar surface area (TPSA) is 342 Å². The van der Waals surface area contributed by atoms with E-state index in [1.807, 2.05) is 0 Å². The summed E-state index contributed by atoms with van der Waals surface area (Å²) in [6.45, 7) is 3.44. The van der Waals surface area contributed by atoms with Crippen LogP contribution in [0.3, 0.4) is 0 Å². The van der Waals surface area contributed by atoms with Crippen molar-refractivity contribution < 1.29 is 89.7 Å². The van der Waals surface area contributed by atoms with Crippen LogP contribution in [0.1, 0.15) is 86.4 Å². The molecule has 50 heavy (non-hydrogen) atoms. The van der Waals surface area contributed by atoms with Crippen LogP contribution in [0, 0.1) is 5.41 Å². The average molecular weight is 709 g/mol. The molecule has 3 aromatic rings. The van der Waals surface area contributed by atoms with E-state index in [-0.39, 0.29) is 59.7 Å². The fraction of sp³-hybridized carbons (Fsp3) is 0.219. The SMILES string of the molecule is CC(C)(CO)CO.O=C(O)c1ccc(C(=O)O)c(C(=O)O)c1.O=C(O)c1ccc(C(=O)O)cc1.O=C(O)c1cccc(C(=O)O)c1.OCCO. The van der Waals surface area contributed by atoms with E-state index in [0.717, 1.165) is 24.3 Å². The third kappa shape index (κ3) is 18.2. The maximum atomic E-state index is 10.6. The zero-order chi connectivity index (χ0) is 39.2. The summed E-state index contributed by atoms with van der Waals surface area (Å²) in [6.07, 6.45) is 0. The van der Waals surface area contributed by atoms with Gasteiger partial charge in [-0.3, -0.25) is 0 Å². The largest absolute Gasteiger partial charge is 0.478 e. The predicted molar refractivity (Wildman–Crippen MR) is 170 cm³/mol. The Balaban J connectivity index is 0. The van der Waals surface area contributed by atoms with Gasteiger partial charge in [-0.1, -0.05) is 19.9 Å². The number of aliphatic hydroxyl groups is 4. The molecule has 0 saturated heterocycles. The van der Waals surface area contributed by atoms with Gasteiger partial charge in [0.15, 0.2) is 0 Å². The van der Waals surface area contributed by atoms with E-state index in [4.69, 9.17) is 56.2 Å². The Kier molecular flexibility index (Phi) is 21.3. The van der Waals surface area contributed by atoms with Gasteiger partial charge in [0.05, 0.1) is 65.4 Å². The molecule has 0 saturated carbocycles. The van der Waals surface area contributed by atoms with Crippen molar-refractivity contribution in [2.24, 2.45) is 5.41 Å². The van der Waals surface area contributed by atoms with Crippen LogP contribution in [0.15, 0.2) is 66.7 Å². The van der Waals surface area contributed by atoms with E-state index in [1.165, 1.54) is 42.5 Å². The molecular formula is C32H36O18. The highest BCUT2D eigenvalue weighted by Gasteiger charge is 2.18. The maximum absolute atomic E-state index is 10.6. The lowest BCUT2D eigenvalue weighted by Crippen LogP contribution is -2.20. The number of carbonyl (C=O) groups is 7. The number of carboxylic acids is 7. The van der Waals surface area contributed by atoms with Crippen molar-refractivity contribution in [3.63, 3.8) is 0 Å². The lowest BCUT2D eigenvalue weighted by molar-refractivity contribution is 0.0649. The van der Waals surface area contributed by atoms with Crippen LogP contribution in [-0.2, 0) is 0 Å². The molecule has 0 aliphatic heterocycles. The summed E-state index contributed by atoms with van der Waals surface area (Å²) >= 11 is 0. The van der Waals surface area contributed by atoms with Crippen molar-refractivity contribution in [3.05, 3.63) is 106 Å². The van der Waals surface area contributed by atoms with Gasteiger partial charge in [0.1, 0.15) is 0 Å². The van der Waals surface area contributed by atoms with Gasteiger partial charge in [0.25, 0.3) is 0 Å². The minimum absolute atomic E-state index is 0.0186. The van der Waals surface area contributed by atoms with Crippen molar-refractivity contribution >= 4 is 41.8 Å². The Bertz CT molecular complexity index is 1540. The van der Waals surface area contributed by atoms with E-state index in [1.54, 1.807) is 13.8 Å². The normalized spacial score (nSPS) is 9.64. The zero-order valence-electron chi connectivity index (χ0n) is 26.5. The molecule has 0 bridgehead atoms. The molecule has 0 aliphatic rings. The van der Waals surface area contributed by atoms with Crippen molar-refractivity contribution in [2.45, 2.75) is 13.8 Å². The molecule has 0 amide bonds. The highest BCUT2D eigenvalue weighted by Crippen LogP contribution is 2.13. The number of hydrogen-bond donors (Lipinski definition) is 11. The third-order valence-electron chi connectivity index (χ3n) is 5.42. The number of rotatable bonds is 10. The Morgan fingerprint density at radius 2 is 0.720 bits per heavy atom. The number of benzene rings is 3. The summed E-state index contributed by atoms with van der Waals surface area (Å²) in [5.41, 5.74) is -1.42. The first kappa shape index (κ1) is 45.9. The molecule has 0 unspecified atom stereocenters. The first-order chi connectivity index (χ1) is 23.2. The summed E-state index contributed by atoms with van der Waals surface area (Å²) < 4.78 is 0. The quantitative estimate of drug-likeness (QED) is 0.143. The summed E-state index contributed by atoms with van der Waals surface area (Å²) in [5.74, 6) is -8.58. The molecule has 3 rings (SSSR count). The molecule has 0 fully saturated rings. The van der Waals surface area contributed by atoms with E-state index < -0.39 is 52.9 Å². The standard InChI is InChI=1S/C9H6O6.2C8H6O4.C5H12O2.C2H6O2/c10-7(11)4-1-2-5(8(12)13)6(3-4)9(14)15;9-7(10)5-1-2-6(4-3-5)8(11)12;9-7(10)5-2-1-3-6(4-5)8(11)12;1-5(2,3-6)4-7;3-1-2-4/h1-3H,(H,10,11)(H,12,13)(H,14,15);2*1-4H,(H,9,10)(H,11,12);6-7H,3-4H2,1-2H3;3-4H,1-2H2. The van der Waals surface area contributed by atoms with Crippen LogP contribution >= 0.6 is 0 Å². The smallest absolute Gasteiger partial charge is 0.336 e. The predicted octanol–water partition coefficient (Wildman–Crippen LogP) is 1.92. The van der Waals surface area contributed by atoms with Gasteiger partial charge in [-0.15, -0.1) is 0 Å². The molecule has 11 N–H and O–H groups in total. The lowest BCUT2D eigenvalue weighted by atomic mass is 9.97. The highest BCUT2D eigenvalue weighted by atomic mass is 16.4. The second-order valence-electron chi connectivity index (χ2n) is 9.98. The van der Waals surface area contributed by atoms with Gasteiger partial charge in [0.2, 0.25) is 0 Å². The molecule has 0 radical (unpaired) electrons. The van der Waals surface area contributed by atoms with Crippen molar-refractivity contribution in [1.29, 1.82) is 0 Å². The lowest BCUT2D eigenvalue weighted by Gasteiger charge is -2.16. The summed E-state index contributed by atoms with van der Waals surface area (Å²) in [4.78, 5) is 73.2. The fourth-order valence-electron chi connectivity index (χ4n) is 2.63. The monoisotopic (exact) mass is 708 g/mol. The van der Waals surface area contributed by atoms with Crippen LogP contribution < -0.4 is 0 Å². The number of aliphatic hydroxyl groups excluding tert-OH is 4. The molecule has 18 nitrogen and oxygen atoms in total. The molecule has 0 aliphatic carbocycles. The van der Waals surface area contributed by atoms with Gasteiger partial charge < -0.3 is 56.2 Å². The number of aromatic carboxylic acids is 7. The van der Waals surface area contributed by atoms with Crippen LogP contribution in [-0.4, -0.2) is 124 Å². The number of carboxylic acid groups (broad SMARTS) is 7. The Hall–Kier alpha value is -6.21. The molecular weight excluding hydrogens is 672 g/mol. The summed E-state index contributed by atoms with van der Waals surface area (Å²) in [6, 6.07) is 13.0. The Morgan fingerprint density at radius 1 is 0.420 bits per heavy atom. The van der Waals surface area contributed by atoms with Gasteiger partial charge in [0, 0.05) is 5.41 Å². The Labute approximate surface area is 283 Å². The zero-order valence-corrected chi connectivity index (χ0v) is 26.5.